The molecule has 2 fully saturated rings. The van der Waals surface area contributed by atoms with Gasteiger partial charge < -0.3 is 15.5 Å². The summed E-state index contributed by atoms with van der Waals surface area (Å²) in [6.07, 6.45) is 6.35. The van der Waals surface area contributed by atoms with Crippen molar-refractivity contribution in [1.82, 2.24) is 15.5 Å². The lowest BCUT2D eigenvalue weighted by Crippen LogP contribution is -2.47. The number of urea groups is 1. The lowest BCUT2D eigenvalue weighted by Gasteiger charge is -2.32. The summed E-state index contributed by atoms with van der Waals surface area (Å²) in [6, 6.07) is 6.15. The molecule has 1 saturated heterocycles. The molecule has 3 amide bonds. The molecule has 1 aliphatic carbocycles. The standard InChI is InChI=1S/C22H32FN3O2/c1-16-3-2-4-18(13-16)15-25-22(28)26-11-9-19(10-12-26)21(27)24-14-17-5-7-20(23)8-6-17/h5-8,16,18-19H,2-4,9-15H2,1H3,(H,24,27)(H,25,28). The summed E-state index contributed by atoms with van der Waals surface area (Å²) < 4.78 is 12.9. The lowest BCUT2D eigenvalue weighted by molar-refractivity contribution is -0.126. The van der Waals surface area contributed by atoms with Gasteiger partial charge in [-0.05, 0) is 55.2 Å². The maximum atomic E-state index is 12.9. The molecule has 1 aliphatic heterocycles. The molecule has 6 heteroatoms. The van der Waals surface area contributed by atoms with Crippen molar-refractivity contribution in [2.45, 2.75) is 52.0 Å². The van der Waals surface area contributed by atoms with E-state index in [-0.39, 0.29) is 23.7 Å². The number of piperidine rings is 1. The second kappa shape index (κ2) is 9.89. The quantitative estimate of drug-likeness (QED) is 0.807. The zero-order chi connectivity index (χ0) is 19.9. The molecule has 0 bridgehead atoms. The summed E-state index contributed by atoms with van der Waals surface area (Å²) in [5, 5.41) is 6.02. The van der Waals surface area contributed by atoms with Crippen LogP contribution >= 0.6 is 0 Å². The van der Waals surface area contributed by atoms with Gasteiger partial charge in [-0.15, -0.1) is 0 Å². The second-order valence-corrected chi connectivity index (χ2v) is 8.43. The highest BCUT2D eigenvalue weighted by Crippen LogP contribution is 2.28. The van der Waals surface area contributed by atoms with Crippen molar-refractivity contribution in [1.29, 1.82) is 0 Å². The van der Waals surface area contributed by atoms with Gasteiger partial charge in [0, 0.05) is 32.1 Å². The van der Waals surface area contributed by atoms with E-state index in [0.29, 0.717) is 38.4 Å². The number of benzene rings is 1. The van der Waals surface area contributed by atoms with E-state index < -0.39 is 0 Å². The van der Waals surface area contributed by atoms with Crippen molar-refractivity contribution >= 4 is 11.9 Å². The smallest absolute Gasteiger partial charge is 0.317 e. The first-order valence-electron chi connectivity index (χ1n) is 10.6. The molecule has 1 aromatic rings. The molecule has 2 N–H and O–H groups in total. The van der Waals surface area contributed by atoms with Gasteiger partial charge in [0.2, 0.25) is 5.91 Å². The van der Waals surface area contributed by atoms with E-state index in [1.165, 1.54) is 37.8 Å². The monoisotopic (exact) mass is 389 g/mol. The fourth-order valence-corrected chi connectivity index (χ4v) is 4.37. The zero-order valence-electron chi connectivity index (χ0n) is 16.8. The maximum absolute atomic E-state index is 12.9. The van der Waals surface area contributed by atoms with Crippen LogP contribution in [0.5, 0.6) is 0 Å². The Bertz CT molecular complexity index is 656. The third kappa shape index (κ3) is 5.94. The van der Waals surface area contributed by atoms with Crippen LogP contribution in [-0.4, -0.2) is 36.5 Å². The molecule has 5 nitrogen and oxygen atoms in total. The van der Waals surface area contributed by atoms with Gasteiger partial charge in [0.05, 0.1) is 0 Å². The molecule has 3 rings (SSSR count). The first-order valence-corrected chi connectivity index (χ1v) is 10.6. The van der Waals surface area contributed by atoms with Crippen molar-refractivity contribution in [2.24, 2.45) is 17.8 Å². The maximum Gasteiger partial charge on any atom is 0.317 e. The summed E-state index contributed by atoms with van der Waals surface area (Å²) in [5.74, 6) is 1.03. The van der Waals surface area contributed by atoms with Crippen LogP contribution in [0.2, 0.25) is 0 Å². The van der Waals surface area contributed by atoms with Gasteiger partial charge in [-0.1, -0.05) is 31.9 Å². The number of nitrogens with zero attached hydrogens (tertiary/aromatic N) is 1. The van der Waals surface area contributed by atoms with E-state index in [9.17, 15) is 14.0 Å². The number of carbonyl (C=O) groups is 2. The Morgan fingerprint density at radius 3 is 2.46 bits per heavy atom. The first-order chi connectivity index (χ1) is 13.5. The second-order valence-electron chi connectivity index (χ2n) is 8.43. The number of carbonyl (C=O) groups excluding carboxylic acids is 2. The summed E-state index contributed by atoms with van der Waals surface area (Å²) >= 11 is 0. The van der Waals surface area contributed by atoms with E-state index in [0.717, 1.165) is 18.0 Å². The Morgan fingerprint density at radius 2 is 1.79 bits per heavy atom. The van der Waals surface area contributed by atoms with E-state index in [2.05, 4.69) is 17.6 Å². The highest BCUT2D eigenvalue weighted by molar-refractivity contribution is 5.79. The zero-order valence-corrected chi connectivity index (χ0v) is 16.8. The minimum absolute atomic E-state index is 0.00315. The average molecular weight is 390 g/mol. The summed E-state index contributed by atoms with van der Waals surface area (Å²) in [5.41, 5.74) is 0.878. The van der Waals surface area contributed by atoms with Crippen LogP contribution in [0, 0.1) is 23.6 Å². The number of amides is 3. The predicted molar refractivity (Wildman–Crippen MR) is 107 cm³/mol. The van der Waals surface area contributed by atoms with E-state index in [4.69, 9.17) is 0 Å². The molecule has 0 aromatic heterocycles. The fourth-order valence-electron chi connectivity index (χ4n) is 4.37. The van der Waals surface area contributed by atoms with Gasteiger partial charge in [-0.2, -0.15) is 0 Å². The number of halogens is 1. The first kappa shape index (κ1) is 20.6. The molecule has 1 heterocycles. The van der Waals surface area contributed by atoms with Crippen LogP contribution in [0.15, 0.2) is 24.3 Å². The molecule has 0 radical (unpaired) electrons. The molecule has 2 unspecified atom stereocenters. The number of rotatable bonds is 5. The molecule has 154 valence electrons. The van der Waals surface area contributed by atoms with Gasteiger partial charge in [-0.25, -0.2) is 9.18 Å². The number of nitrogens with one attached hydrogen (secondary N) is 2. The number of likely N-dealkylation sites (tertiary alicyclic amines) is 1. The lowest BCUT2D eigenvalue weighted by atomic mass is 9.82. The Kier molecular flexibility index (Phi) is 7.29. The van der Waals surface area contributed by atoms with Crippen LogP contribution in [-0.2, 0) is 11.3 Å². The van der Waals surface area contributed by atoms with E-state index in [1.807, 2.05) is 4.90 Å². The predicted octanol–water partition coefficient (Wildman–Crippen LogP) is 3.69. The molecule has 0 spiro atoms. The van der Waals surface area contributed by atoms with Gasteiger partial charge >= 0.3 is 6.03 Å². The van der Waals surface area contributed by atoms with Crippen LogP contribution in [0.1, 0.15) is 51.0 Å². The Hall–Kier alpha value is -2.11. The van der Waals surface area contributed by atoms with Crippen molar-refractivity contribution in [3.63, 3.8) is 0 Å². The minimum Gasteiger partial charge on any atom is -0.352 e. The third-order valence-electron chi connectivity index (χ3n) is 6.12. The van der Waals surface area contributed by atoms with Crippen molar-refractivity contribution in [3.05, 3.63) is 35.6 Å². The van der Waals surface area contributed by atoms with Gasteiger partial charge in [0.15, 0.2) is 0 Å². The summed E-state index contributed by atoms with van der Waals surface area (Å²) in [4.78, 5) is 26.6. The molecule has 1 saturated carbocycles. The topological polar surface area (TPSA) is 61.4 Å². The Labute approximate surface area is 167 Å². The van der Waals surface area contributed by atoms with E-state index >= 15 is 0 Å². The summed E-state index contributed by atoms with van der Waals surface area (Å²) in [6.45, 7) is 4.68. The highest BCUT2D eigenvalue weighted by atomic mass is 19.1. The van der Waals surface area contributed by atoms with Crippen LogP contribution in [0.3, 0.4) is 0 Å². The molecule has 1 aromatic carbocycles. The highest BCUT2D eigenvalue weighted by Gasteiger charge is 2.27. The van der Waals surface area contributed by atoms with Crippen LogP contribution < -0.4 is 10.6 Å². The number of hydrogen-bond donors (Lipinski definition) is 2. The van der Waals surface area contributed by atoms with Crippen LogP contribution in [0.25, 0.3) is 0 Å². The SMILES string of the molecule is CC1CCCC(CNC(=O)N2CCC(C(=O)NCc3ccc(F)cc3)CC2)C1. The fraction of sp³-hybridized carbons (Fsp3) is 0.636. The van der Waals surface area contributed by atoms with Gasteiger partial charge in [0.25, 0.3) is 0 Å². The average Bonchev–Trinajstić information content (AvgIpc) is 2.71. The molecule has 2 aliphatic rings. The number of hydrogen-bond acceptors (Lipinski definition) is 2. The molecular weight excluding hydrogens is 357 g/mol. The Balaban J connectivity index is 1.35. The molecule has 28 heavy (non-hydrogen) atoms. The normalized spacial score (nSPS) is 23.3. The van der Waals surface area contributed by atoms with Gasteiger partial charge in [-0.3, -0.25) is 4.79 Å². The Morgan fingerprint density at radius 1 is 1.07 bits per heavy atom. The molecular formula is C22H32FN3O2. The van der Waals surface area contributed by atoms with Gasteiger partial charge in [0.1, 0.15) is 5.82 Å². The van der Waals surface area contributed by atoms with Crippen molar-refractivity contribution in [2.75, 3.05) is 19.6 Å². The van der Waals surface area contributed by atoms with Crippen molar-refractivity contribution < 1.29 is 14.0 Å². The third-order valence-corrected chi connectivity index (χ3v) is 6.12. The van der Waals surface area contributed by atoms with Crippen molar-refractivity contribution in [3.8, 4) is 0 Å². The van der Waals surface area contributed by atoms with E-state index in [1.54, 1.807) is 12.1 Å². The summed E-state index contributed by atoms with van der Waals surface area (Å²) in [7, 11) is 0. The largest absolute Gasteiger partial charge is 0.352 e. The minimum atomic E-state index is -0.279. The molecule has 2 atom stereocenters. The van der Waals surface area contributed by atoms with Crippen LogP contribution in [0.4, 0.5) is 9.18 Å².